The predicted molar refractivity (Wildman–Crippen MR) is 81.4 cm³/mol. The van der Waals surface area contributed by atoms with Crippen molar-refractivity contribution in [3.63, 3.8) is 0 Å². The molecule has 1 aromatic carbocycles. The van der Waals surface area contributed by atoms with Gasteiger partial charge in [0.25, 0.3) is 5.91 Å². The first-order chi connectivity index (χ1) is 9.11. The molecule has 1 aliphatic rings. The molecule has 0 spiro atoms. The summed E-state index contributed by atoms with van der Waals surface area (Å²) in [5.74, 6) is 0.734. The molecule has 0 bridgehead atoms. The molecule has 0 radical (unpaired) electrons. The molecule has 1 heterocycles. The topological polar surface area (TPSA) is 32.3 Å². The molecule has 1 aliphatic heterocycles. The molecule has 1 aromatic rings. The van der Waals surface area contributed by atoms with Gasteiger partial charge in [-0.1, -0.05) is 22.0 Å². The van der Waals surface area contributed by atoms with Crippen molar-refractivity contribution in [2.24, 2.45) is 5.92 Å². The van der Waals surface area contributed by atoms with E-state index in [2.05, 4.69) is 21.2 Å². The molecule has 104 valence electrons. The monoisotopic (exact) mass is 324 g/mol. The predicted octanol–water partition coefficient (Wildman–Crippen LogP) is 2.83. The minimum atomic E-state index is 0.154. The number of amides is 1. The van der Waals surface area contributed by atoms with Crippen LogP contribution < -0.4 is 5.32 Å². The molecule has 1 saturated heterocycles. The van der Waals surface area contributed by atoms with Crippen LogP contribution in [0.15, 0.2) is 22.7 Å². The SMILES string of the molecule is CNC[C@H]1CCCN(C(=O)c2ccc(C)c(Br)c2)C1. The lowest BCUT2D eigenvalue weighted by atomic mass is 9.97. The Morgan fingerprint density at radius 1 is 1.53 bits per heavy atom. The zero-order valence-electron chi connectivity index (χ0n) is 11.6. The Labute approximate surface area is 123 Å². The Morgan fingerprint density at radius 2 is 2.32 bits per heavy atom. The molecule has 1 N–H and O–H groups in total. The molecule has 0 aliphatic carbocycles. The first-order valence-electron chi connectivity index (χ1n) is 6.82. The number of nitrogens with zero attached hydrogens (tertiary/aromatic N) is 1. The fourth-order valence-electron chi connectivity index (χ4n) is 2.61. The molecule has 19 heavy (non-hydrogen) atoms. The molecule has 2 rings (SSSR count). The minimum Gasteiger partial charge on any atom is -0.338 e. The van der Waals surface area contributed by atoms with Gasteiger partial charge in [-0.3, -0.25) is 4.79 Å². The Bertz CT molecular complexity index is 459. The Hall–Kier alpha value is -0.870. The van der Waals surface area contributed by atoms with Crippen LogP contribution in [0.5, 0.6) is 0 Å². The fraction of sp³-hybridized carbons (Fsp3) is 0.533. The Balaban J connectivity index is 2.08. The van der Waals surface area contributed by atoms with Gasteiger partial charge in [0, 0.05) is 23.1 Å². The third-order valence-corrected chi connectivity index (χ3v) is 4.57. The average Bonchev–Trinajstić information content (AvgIpc) is 2.42. The van der Waals surface area contributed by atoms with Gasteiger partial charge in [-0.05, 0) is 57.0 Å². The number of carbonyl (C=O) groups excluding carboxylic acids is 1. The van der Waals surface area contributed by atoms with Crippen LogP contribution in [0.25, 0.3) is 0 Å². The van der Waals surface area contributed by atoms with E-state index in [1.807, 2.05) is 37.1 Å². The van der Waals surface area contributed by atoms with Crippen molar-refractivity contribution >= 4 is 21.8 Å². The summed E-state index contributed by atoms with van der Waals surface area (Å²) in [5, 5.41) is 3.21. The number of hydrogen-bond acceptors (Lipinski definition) is 2. The summed E-state index contributed by atoms with van der Waals surface area (Å²) in [6.45, 7) is 4.76. The highest BCUT2D eigenvalue weighted by Crippen LogP contribution is 2.21. The number of hydrogen-bond donors (Lipinski definition) is 1. The molecule has 0 aromatic heterocycles. The van der Waals surface area contributed by atoms with Gasteiger partial charge in [0.15, 0.2) is 0 Å². The lowest BCUT2D eigenvalue weighted by Crippen LogP contribution is -2.42. The van der Waals surface area contributed by atoms with E-state index in [0.717, 1.165) is 41.7 Å². The number of halogens is 1. The van der Waals surface area contributed by atoms with Crippen molar-refractivity contribution < 1.29 is 4.79 Å². The standard InChI is InChI=1S/C15H21BrN2O/c1-11-5-6-13(8-14(11)16)15(19)18-7-3-4-12(10-18)9-17-2/h5-6,8,12,17H,3-4,7,9-10H2,1-2H3/t12-/m1/s1. The van der Waals surface area contributed by atoms with Gasteiger partial charge in [-0.2, -0.15) is 0 Å². The lowest BCUT2D eigenvalue weighted by molar-refractivity contribution is 0.0674. The zero-order valence-corrected chi connectivity index (χ0v) is 13.2. The summed E-state index contributed by atoms with van der Waals surface area (Å²) in [6.07, 6.45) is 2.31. The highest BCUT2D eigenvalue weighted by atomic mass is 79.9. The van der Waals surface area contributed by atoms with Crippen molar-refractivity contribution in [1.82, 2.24) is 10.2 Å². The molecule has 1 atom stereocenters. The lowest BCUT2D eigenvalue weighted by Gasteiger charge is -2.32. The van der Waals surface area contributed by atoms with E-state index in [0.29, 0.717) is 5.92 Å². The number of rotatable bonds is 3. The number of likely N-dealkylation sites (tertiary alicyclic amines) is 1. The quantitative estimate of drug-likeness (QED) is 0.927. The zero-order chi connectivity index (χ0) is 13.8. The third kappa shape index (κ3) is 3.57. The van der Waals surface area contributed by atoms with Crippen LogP contribution in [0, 0.1) is 12.8 Å². The van der Waals surface area contributed by atoms with Crippen LogP contribution in [0.2, 0.25) is 0 Å². The van der Waals surface area contributed by atoms with Crippen LogP contribution in [0.3, 0.4) is 0 Å². The summed E-state index contributed by atoms with van der Waals surface area (Å²) in [6, 6.07) is 5.84. The van der Waals surface area contributed by atoms with Crippen molar-refractivity contribution in [3.8, 4) is 0 Å². The molecule has 3 nitrogen and oxygen atoms in total. The second-order valence-corrected chi connectivity index (χ2v) is 6.14. The van der Waals surface area contributed by atoms with Gasteiger partial charge < -0.3 is 10.2 Å². The van der Waals surface area contributed by atoms with E-state index < -0.39 is 0 Å². The van der Waals surface area contributed by atoms with Crippen LogP contribution in [-0.4, -0.2) is 37.5 Å². The Morgan fingerprint density at radius 3 is 3.00 bits per heavy atom. The van der Waals surface area contributed by atoms with E-state index >= 15 is 0 Å². The van der Waals surface area contributed by atoms with Gasteiger partial charge in [0.1, 0.15) is 0 Å². The van der Waals surface area contributed by atoms with E-state index in [9.17, 15) is 4.79 Å². The highest BCUT2D eigenvalue weighted by Gasteiger charge is 2.24. The van der Waals surface area contributed by atoms with Gasteiger partial charge in [-0.25, -0.2) is 0 Å². The fourth-order valence-corrected chi connectivity index (χ4v) is 2.99. The number of piperidine rings is 1. The third-order valence-electron chi connectivity index (χ3n) is 3.72. The van der Waals surface area contributed by atoms with Crippen LogP contribution in [0.4, 0.5) is 0 Å². The summed E-state index contributed by atoms with van der Waals surface area (Å²) in [5.41, 5.74) is 1.94. The maximum atomic E-state index is 12.5. The molecule has 1 fully saturated rings. The first kappa shape index (κ1) is 14.5. The van der Waals surface area contributed by atoms with Crippen LogP contribution in [-0.2, 0) is 0 Å². The number of nitrogens with one attached hydrogen (secondary N) is 1. The van der Waals surface area contributed by atoms with Crippen molar-refractivity contribution in [1.29, 1.82) is 0 Å². The second kappa shape index (κ2) is 6.53. The van der Waals surface area contributed by atoms with Gasteiger partial charge in [-0.15, -0.1) is 0 Å². The van der Waals surface area contributed by atoms with Crippen LogP contribution in [0.1, 0.15) is 28.8 Å². The molecule has 1 amide bonds. The van der Waals surface area contributed by atoms with E-state index in [-0.39, 0.29) is 5.91 Å². The maximum Gasteiger partial charge on any atom is 0.253 e. The van der Waals surface area contributed by atoms with E-state index in [1.54, 1.807) is 0 Å². The van der Waals surface area contributed by atoms with Crippen molar-refractivity contribution in [2.45, 2.75) is 19.8 Å². The largest absolute Gasteiger partial charge is 0.338 e. The summed E-state index contributed by atoms with van der Waals surface area (Å²) >= 11 is 3.49. The molecular formula is C15H21BrN2O. The Kier molecular flexibility index (Phi) is 4.99. The van der Waals surface area contributed by atoms with Gasteiger partial charge >= 0.3 is 0 Å². The summed E-state index contributed by atoms with van der Waals surface area (Å²) in [7, 11) is 1.97. The van der Waals surface area contributed by atoms with Crippen molar-refractivity contribution in [3.05, 3.63) is 33.8 Å². The van der Waals surface area contributed by atoms with Crippen LogP contribution >= 0.6 is 15.9 Å². The normalized spacial score (nSPS) is 19.5. The highest BCUT2D eigenvalue weighted by molar-refractivity contribution is 9.10. The van der Waals surface area contributed by atoms with Crippen molar-refractivity contribution in [2.75, 3.05) is 26.7 Å². The number of carbonyl (C=O) groups is 1. The average molecular weight is 325 g/mol. The maximum absolute atomic E-state index is 12.5. The number of benzene rings is 1. The smallest absolute Gasteiger partial charge is 0.253 e. The summed E-state index contributed by atoms with van der Waals surface area (Å²) in [4.78, 5) is 14.5. The number of aryl methyl sites for hydroxylation is 1. The van der Waals surface area contributed by atoms with E-state index in [1.165, 1.54) is 6.42 Å². The van der Waals surface area contributed by atoms with Gasteiger partial charge in [0.05, 0.1) is 0 Å². The molecular weight excluding hydrogens is 304 g/mol. The molecule has 0 unspecified atom stereocenters. The summed E-state index contributed by atoms with van der Waals surface area (Å²) < 4.78 is 1.00. The van der Waals surface area contributed by atoms with E-state index in [4.69, 9.17) is 0 Å². The first-order valence-corrected chi connectivity index (χ1v) is 7.61. The van der Waals surface area contributed by atoms with Gasteiger partial charge in [0.2, 0.25) is 0 Å². The molecule has 4 heteroatoms. The minimum absolute atomic E-state index is 0.154. The second-order valence-electron chi connectivity index (χ2n) is 5.28. The molecule has 0 saturated carbocycles.